The van der Waals surface area contributed by atoms with E-state index in [0.29, 0.717) is 6.42 Å². The Morgan fingerprint density at radius 3 is 2.89 bits per heavy atom. The van der Waals surface area contributed by atoms with Gasteiger partial charge < -0.3 is 11.1 Å². The fraction of sp³-hybridized carbons (Fsp3) is 0.692. The minimum absolute atomic E-state index is 0.0491. The number of aromatic nitrogens is 1. The minimum atomic E-state index is -0.0548. The second-order valence-electron chi connectivity index (χ2n) is 4.55. The lowest BCUT2D eigenvalue weighted by molar-refractivity contribution is -0.120. The predicted octanol–water partition coefficient (Wildman–Crippen LogP) is 2.40. The van der Waals surface area contributed by atoms with Crippen LogP contribution in [0.1, 0.15) is 56.3 Å². The molecule has 4 nitrogen and oxygen atoms in total. The van der Waals surface area contributed by atoms with Crippen LogP contribution >= 0.6 is 11.3 Å². The first-order valence-corrected chi connectivity index (χ1v) is 7.48. The molecule has 0 aliphatic heterocycles. The van der Waals surface area contributed by atoms with Gasteiger partial charge in [0.15, 0.2) is 0 Å². The van der Waals surface area contributed by atoms with E-state index in [0.717, 1.165) is 23.7 Å². The van der Waals surface area contributed by atoms with E-state index in [2.05, 4.69) is 17.2 Å². The highest BCUT2D eigenvalue weighted by molar-refractivity contribution is 7.09. The summed E-state index contributed by atoms with van der Waals surface area (Å²) in [6.07, 6.45) is 5.05. The zero-order valence-electron chi connectivity index (χ0n) is 11.2. The van der Waals surface area contributed by atoms with E-state index in [-0.39, 0.29) is 11.9 Å². The van der Waals surface area contributed by atoms with Crippen molar-refractivity contribution in [2.45, 2.75) is 52.0 Å². The van der Waals surface area contributed by atoms with Crippen molar-refractivity contribution in [3.8, 4) is 0 Å². The van der Waals surface area contributed by atoms with Crippen molar-refractivity contribution in [1.29, 1.82) is 0 Å². The summed E-state index contributed by atoms with van der Waals surface area (Å²) in [7, 11) is 0. The summed E-state index contributed by atoms with van der Waals surface area (Å²) in [6, 6.07) is -0.0548. The second-order valence-corrected chi connectivity index (χ2v) is 5.44. The summed E-state index contributed by atoms with van der Waals surface area (Å²) in [6.45, 7) is 4.84. The van der Waals surface area contributed by atoms with E-state index in [1.165, 1.54) is 30.6 Å². The third-order valence-electron chi connectivity index (χ3n) is 2.65. The molecule has 5 heteroatoms. The Bertz CT molecular complexity index is 363. The van der Waals surface area contributed by atoms with Gasteiger partial charge in [0.2, 0.25) is 5.91 Å². The van der Waals surface area contributed by atoms with Gasteiger partial charge in [0, 0.05) is 11.9 Å². The van der Waals surface area contributed by atoms with Crippen LogP contribution < -0.4 is 11.1 Å². The van der Waals surface area contributed by atoms with Gasteiger partial charge in [-0.05, 0) is 13.3 Å². The van der Waals surface area contributed by atoms with Gasteiger partial charge in [-0.15, -0.1) is 11.3 Å². The average molecular weight is 269 g/mol. The molecule has 1 rings (SSSR count). The second kappa shape index (κ2) is 8.21. The number of carbonyl (C=O) groups is 1. The number of nitrogens with one attached hydrogen (secondary N) is 1. The van der Waals surface area contributed by atoms with Gasteiger partial charge in [0.05, 0.1) is 18.2 Å². The molecule has 1 heterocycles. The van der Waals surface area contributed by atoms with Crippen LogP contribution in [-0.2, 0) is 11.2 Å². The Kier molecular flexibility index (Phi) is 6.90. The van der Waals surface area contributed by atoms with E-state index >= 15 is 0 Å². The number of unbranched alkanes of at least 4 members (excludes halogenated alkanes) is 3. The lowest BCUT2D eigenvalue weighted by atomic mass is 10.2. The van der Waals surface area contributed by atoms with E-state index < -0.39 is 0 Å². The molecule has 0 aliphatic carbocycles. The summed E-state index contributed by atoms with van der Waals surface area (Å²) in [5, 5.41) is 5.72. The molecule has 18 heavy (non-hydrogen) atoms. The van der Waals surface area contributed by atoms with Crippen molar-refractivity contribution < 1.29 is 4.79 Å². The van der Waals surface area contributed by atoms with Gasteiger partial charge in [0.25, 0.3) is 0 Å². The molecular weight excluding hydrogens is 246 g/mol. The van der Waals surface area contributed by atoms with Crippen LogP contribution in [0, 0.1) is 0 Å². The molecule has 0 spiro atoms. The molecule has 0 fully saturated rings. The molecule has 1 atom stereocenters. The molecule has 0 bridgehead atoms. The number of hydrogen-bond donors (Lipinski definition) is 2. The molecule has 1 amide bonds. The molecule has 0 saturated heterocycles. The Balaban J connectivity index is 2.22. The van der Waals surface area contributed by atoms with Crippen molar-refractivity contribution in [1.82, 2.24) is 10.3 Å². The number of nitrogens with two attached hydrogens (primary N) is 1. The van der Waals surface area contributed by atoms with Gasteiger partial charge in [-0.25, -0.2) is 4.98 Å². The smallest absolute Gasteiger partial charge is 0.226 e. The zero-order valence-corrected chi connectivity index (χ0v) is 12.1. The maximum atomic E-state index is 11.6. The number of thiazole rings is 1. The van der Waals surface area contributed by atoms with Crippen LogP contribution in [0.3, 0.4) is 0 Å². The molecule has 1 aromatic heterocycles. The summed E-state index contributed by atoms with van der Waals surface area (Å²) in [5.74, 6) is 0.0491. The van der Waals surface area contributed by atoms with Crippen LogP contribution in [-0.4, -0.2) is 17.4 Å². The highest BCUT2D eigenvalue weighted by atomic mass is 32.1. The Labute approximate surface area is 113 Å². The first-order chi connectivity index (χ1) is 8.63. The number of amides is 1. The monoisotopic (exact) mass is 269 g/mol. The van der Waals surface area contributed by atoms with Crippen LogP contribution in [0.4, 0.5) is 0 Å². The molecule has 0 aliphatic rings. The topological polar surface area (TPSA) is 68.0 Å². The van der Waals surface area contributed by atoms with E-state index in [9.17, 15) is 4.79 Å². The molecule has 0 radical (unpaired) electrons. The Hall–Kier alpha value is -0.940. The van der Waals surface area contributed by atoms with E-state index in [1.807, 2.05) is 12.3 Å². The molecular formula is C13H23N3OS. The van der Waals surface area contributed by atoms with Crippen molar-refractivity contribution >= 4 is 17.2 Å². The first-order valence-electron chi connectivity index (χ1n) is 6.60. The van der Waals surface area contributed by atoms with Gasteiger partial charge in [-0.3, -0.25) is 4.79 Å². The lowest BCUT2D eigenvalue weighted by Gasteiger charge is -2.03. The molecule has 1 aromatic rings. The predicted molar refractivity (Wildman–Crippen MR) is 75.6 cm³/mol. The molecule has 1 unspecified atom stereocenters. The Morgan fingerprint density at radius 1 is 1.50 bits per heavy atom. The summed E-state index contributed by atoms with van der Waals surface area (Å²) < 4.78 is 0. The lowest BCUT2D eigenvalue weighted by Crippen LogP contribution is -2.26. The highest BCUT2D eigenvalue weighted by Crippen LogP contribution is 2.15. The number of rotatable bonds is 8. The van der Waals surface area contributed by atoms with Crippen molar-refractivity contribution in [3.05, 3.63) is 16.1 Å². The van der Waals surface area contributed by atoms with Crippen LogP contribution in [0.15, 0.2) is 5.38 Å². The summed E-state index contributed by atoms with van der Waals surface area (Å²) in [4.78, 5) is 16.0. The van der Waals surface area contributed by atoms with Crippen molar-refractivity contribution in [2.75, 3.05) is 6.54 Å². The third kappa shape index (κ3) is 5.60. The standard InChI is InChI=1S/C13H23N3OS/c1-3-4-5-6-7-15-12(17)8-11-9-18-13(16-11)10(2)14/h9-10H,3-8,14H2,1-2H3,(H,15,17). The third-order valence-corrected chi connectivity index (χ3v) is 3.75. The summed E-state index contributed by atoms with van der Waals surface area (Å²) >= 11 is 1.52. The fourth-order valence-corrected chi connectivity index (χ4v) is 2.40. The van der Waals surface area contributed by atoms with Crippen molar-refractivity contribution in [2.24, 2.45) is 5.73 Å². The Morgan fingerprint density at radius 2 is 2.28 bits per heavy atom. The largest absolute Gasteiger partial charge is 0.356 e. The number of hydrogen-bond acceptors (Lipinski definition) is 4. The molecule has 102 valence electrons. The van der Waals surface area contributed by atoms with E-state index in [4.69, 9.17) is 5.73 Å². The highest BCUT2D eigenvalue weighted by Gasteiger charge is 2.09. The van der Waals surface area contributed by atoms with Crippen LogP contribution in [0.2, 0.25) is 0 Å². The van der Waals surface area contributed by atoms with Gasteiger partial charge in [-0.1, -0.05) is 26.2 Å². The van der Waals surface area contributed by atoms with Crippen LogP contribution in [0.5, 0.6) is 0 Å². The molecule has 0 saturated carbocycles. The average Bonchev–Trinajstić information content (AvgIpc) is 2.77. The maximum Gasteiger partial charge on any atom is 0.226 e. The maximum absolute atomic E-state index is 11.6. The van der Waals surface area contributed by atoms with Gasteiger partial charge >= 0.3 is 0 Å². The normalized spacial score (nSPS) is 12.4. The first kappa shape index (κ1) is 15.1. The quantitative estimate of drug-likeness (QED) is 0.712. The SMILES string of the molecule is CCCCCCNC(=O)Cc1csc(C(C)N)n1. The van der Waals surface area contributed by atoms with E-state index in [1.54, 1.807) is 0 Å². The number of nitrogens with zero attached hydrogens (tertiary/aromatic N) is 1. The van der Waals surface area contributed by atoms with Crippen LogP contribution in [0.25, 0.3) is 0 Å². The van der Waals surface area contributed by atoms with Gasteiger partial charge in [-0.2, -0.15) is 0 Å². The fourth-order valence-electron chi connectivity index (χ4n) is 1.62. The number of carbonyl (C=O) groups excluding carboxylic acids is 1. The molecule has 3 N–H and O–H groups in total. The van der Waals surface area contributed by atoms with Crippen molar-refractivity contribution in [3.63, 3.8) is 0 Å². The molecule has 0 aromatic carbocycles. The summed E-state index contributed by atoms with van der Waals surface area (Å²) in [5.41, 5.74) is 6.55. The van der Waals surface area contributed by atoms with Gasteiger partial charge in [0.1, 0.15) is 5.01 Å². The zero-order chi connectivity index (χ0) is 13.4. The minimum Gasteiger partial charge on any atom is -0.356 e.